The number of hydrogen-bond donors (Lipinski definition) is 0. The number of thiocarbonyl (C=S) groups is 3. The second-order valence-electron chi connectivity index (χ2n) is 3.48. The quantitative estimate of drug-likeness (QED) is 0.151. The van der Waals surface area contributed by atoms with E-state index < -0.39 is 0 Å². The van der Waals surface area contributed by atoms with Crippen LogP contribution in [0.3, 0.4) is 0 Å². The van der Waals surface area contributed by atoms with Gasteiger partial charge >= 0.3 is 88.7 Å². The minimum Gasteiger partial charge on any atom is -0.411 e. The maximum absolute atomic E-state index is 4.56. The first-order valence-corrected chi connectivity index (χ1v) is 7.53. The maximum Gasteiger partial charge on any atom is 1.00 e. The van der Waals surface area contributed by atoms with E-state index in [1.165, 1.54) is 0 Å². The minimum atomic E-state index is 0. The predicted octanol–water partition coefficient (Wildman–Crippen LogP) is -7.05. The van der Waals surface area contributed by atoms with Gasteiger partial charge in [-0.25, -0.2) is 0 Å². The third-order valence-corrected chi connectivity index (χ3v) is 3.29. The Kier molecular flexibility index (Phi) is 64.1. The monoisotopic (exact) mass is 457 g/mol. The van der Waals surface area contributed by atoms with Crippen molar-refractivity contribution in [2.45, 2.75) is 0 Å². The molecule has 0 bridgehead atoms. The fourth-order valence-corrected chi connectivity index (χ4v) is 0. The van der Waals surface area contributed by atoms with Gasteiger partial charge in [-0.2, -0.15) is 0 Å². The summed E-state index contributed by atoms with van der Waals surface area (Å²) in [6.07, 6.45) is 0. The van der Waals surface area contributed by atoms with Gasteiger partial charge in [0.05, 0.1) is 0 Å². The molecule has 0 heterocycles. The van der Waals surface area contributed by atoms with Crippen molar-refractivity contribution in [2.75, 3.05) is 42.3 Å². The van der Waals surface area contributed by atoms with Gasteiger partial charge in [0, 0.05) is 42.3 Å². The molecule has 0 fully saturated rings. The molecule has 0 amide bonds. The molecule has 23 heavy (non-hydrogen) atoms. The summed E-state index contributed by atoms with van der Waals surface area (Å²) < 4.78 is 1.53. The fraction of sp³-hybridized carbons (Fsp3) is 0.545. The second-order valence-corrected chi connectivity index (χ2v) is 6.58. The Morgan fingerprint density at radius 3 is 0.609 bits per heavy atom. The Balaban J connectivity index is -0.0000000298. The van der Waals surface area contributed by atoms with E-state index in [9.17, 15) is 0 Å². The molecular weight excluding hydrogens is 436 g/mol. The molecule has 0 aromatic rings. The molecule has 0 aliphatic carbocycles. The molecule has 0 rings (SSSR count). The predicted molar refractivity (Wildman–Crippen MR) is 112 cm³/mol. The molecule has 0 radical (unpaired) electrons. The molecule has 0 aromatic heterocycles. The van der Waals surface area contributed by atoms with Crippen molar-refractivity contribution in [3.63, 3.8) is 0 Å². The van der Waals surface area contributed by atoms with Gasteiger partial charge < -0.3 is 89.2 Å². The van der Waals surface area contributed by atoms with Crippen LogP contribution >= 0.6 is 36.7 Å². The van der Waals surface area contributed by atoms with Crippen molar-refractivity contribution in [2.24, 2.45) is 0 Å². The summed E-state index contributed by atoms with van der Waals surface area (Å²) in [5.41, 5.74) is 0. The van der Waals surface area contributed by atoms with Crippen LogP contribution in [0.5, 0.6) is 0 Å². The Morgan fingerprint density at radius 2 is 0.609 bits per heavy atom. The van der Waals surface area contributed by atoms with Crippen LogP contribution in [-0.4, -0.2) is 69.9 Å². The molecule has 0 N–H and O–H groups in total. The van der Waals surface area contributed by atoms with E-state index in [1.807, 2.05) is 42.3 Å². The van der Waals surface area contributed by atoms with Gasteiger partial charge in [0.1, 0.15) is 0 Å². The van der Waals surface area contributed by atoms with E-state index in [1.54, 1.807) is 14.7 Å². The summed E-state index contributed by atoms with van der Waals surface area (Å²) in [6.45, 7) is 6.00. The van der Waals surface area contributed by atoms with Gasteiger partial charge in [-0.05, 0) is 0 Å². The fourth-order valence-electron chi connectivity index (χ4n) is 0. The van der Waals surface area contributed by atoms with E-state index in [4.69, 9.17) is 0 Å². The first kappa shape index (κ1) is 45.1. The van der Waals surface area contributed by atoms with E-state index in [-0.39, 0.29) is 88.7 Å². The number of rotatable bonds is 0. The number of hydrogen-bond acceptors (Lipinski definition) is 6. The van der Waals surface area contributed by atoms with Crippen molar-refractivity contribution in [1.29, 1.82) is 0 Å². The smallest absolute Gasteiger partial charge is 0.411 e. The molecule has 0 aliphatic rings. The van der Waals surface area contributed by atoms with Crippen molar-refractivity contribution >= 4 is 87.5 Å². The molecular formula is C11H22N3Na3S6. The van der Waals surface area contributed by atoms with Gasteiger partial charge in [-0.15, -0.1) is 13.2 Å². The third kappa shape index (κ3) is 58.8. The third-order valence-electron chi connectivity index (χ3n) is 1.10. The van der Waals surface area contributed by atoms with E-state index in [0.717, 1.165) is 0 Å². The molecule has 0 saturated heterocycles. The van der Waals surface area contributed by atoms with Crippen LogP contribution in [0.25, 0.3) is 0 Å². The average Bonchev–Trinajstić information content (AvgIpc) is 2.32. The summed E-state index contributed by atoms with van der Waals surface area (Å²) >= 11 is 27.4. The molecule has 0 spiro atoms. The summed E-state index contributed by atoms with van der Waals surface area (Å²) in [5.74, 6) is 0. The molecule has 0 unspecified atom stereocenters. The number of nitrogens with zero attached hydrogens (tertiary/aromatic N) is 3. The minimum absolute atomic E-state index is 0. The Bertz CT molecular complexity index is 249. The molecule has 0 aromatic carbocycles. The molecule has 0 saturated carbocycles. The second kappa shape index (κ2) is 32.7. The standard InChI is InChI=1S/3C3H7NS2.C2H4.3Na/c3*1-4(2)3(5)6;1-2;;;/h3*1-2H3,(H,5,6);1-2H2;;;/q;;;;3*+1/p-3. The van der Waals surface area contributed by atoms with Gasteiger partial charge in [-0.3, -0.25) is 0 Å². The zero-order valence-corrected chi connectivity index (χ0v) is 26.6. The Hall–Kier alpha value is 3.07. The van der Waals surface area contributed by atoms with E-state index in [0.29, 0.717) is 13.0 Å². The van der Waals surface area contributed by atoms with Crippen LogP contribution in [0, 0.1) is 0 Å². The molecule has 0 aliphatic heterocycles. The molecule has 120 valence electrons. The zero-order chi connectivity index (χ0) is 17.5. The zero-order valence-electron chi connectivity index (χ0n) is 15.7. The van der Waals surface area contributed by atoms with Gasteiger partial charge in [0.15, 0.2) is 0 Å². The van der Waals surface area contributed by atoms with Gasteiger partial charge in [0.2, 0.25) is 0 Å². The molecule has 12 heteroatoms. The van der Waals surface area contributed by atoms with Crippen LogP contribution in [0.4, 0.5) is 0 Å². The SMILES string of the molecule is C=C.CN(C)C(=S)[S-].CN(C)C(=S)[S-].CN(C)C(=S)[S-].[Na+].[Na+].[Na+]. The van der Waals surface area contributed by atoms with Crippen LogP contribution in [-0.2, 0) is 37.9 Å². The topological polar surface area (TPSA) is 9.72 Å². The first-order valence-electron chi connectivity index (χ1n) is 5.08. The van der Waals surface area contributed by atoms with Crippen molar-refractivity contribution in [1.82, 2.24) is 14.7 Å². The summed E-state index contributed by atoms with van der Waals surface area (Å²) in [6, 6.07) is 0. The average molecular weight is 458 g/mol. The van der Waals surface area contributed by atoms with Crippen LogP contribution in [0.2, 0.25) is 0 Å². The summed E-state index contributed by atoms with van der Waals surface area (Å²) in [4.78, 5) is 5.14. The Labute approximate surface area is 242 Å². The molecule has 0 atom stereocenters. The normalized spacial score (nSPS) is 6.17. The van der Waals surface area contributed by atoms with Gasteiger partial charge in [0.25, 0.3) is 0 Å². The summed E-state index contributed by atoms with van der Waals surface area (Å²) in [7, 11) is 11.0. The largest absolute Gasteiger partial charge is 1.00 e. The summed E-state index contributed by atoms with van der Waals surface area (Å²) in [5, 5.41) is 0. The van der Waals surface area contributed by atoms with Crippen molar-refractivity contribution < 1.29 is 88.7 Å². The van der Waals surface area contributed by atoms with Crippen molar-refractivity contribution in [3.8, 4) is 0 Å². The van der Waals surface area contributed by atoms with Crippen LogP contribution in [0.15, 0.2) is 13.2 Å². The van der Waals surface area contributed by atoms with Crippen LogP contribution < -0.4 is 88.7 Å². The Morgan fingerprint density at radius 1 is 0.565 bits per heavy atom. The van der Waals surface area contributed by atoms with E-state index >= 15 is 0 Å². The van der Waals surface area contributed by atoms with Crippen molar-refractivity contribution in [3.05, 3.63) is 13.2 Å². The maximum atomic E-state index is 4.56. The van der Waals surface area contributed by atoms with E-state index in [2.05, 4.69) is 87.7 Å². The first-order chi connectivity index (χ1) is 8.93. The van der Waals surface area contributed by atoms with Gasteiger partial charge in [-0.1, -0.05) is 13.0 Å². The molecule has 3 nitrogen and oxygen atoms in total. The van der Waals surface area contributed by atoms with Crippen LogP contribution in [0.1, 0.15) is 0 Å².